The smallest absolute Gasteiger partial charge is 0.191 e. The van der Waals surface area contributed by atoms with Crippen molar-refractivity contribution >= 4 is 17.3 Å². The number of guanidine groups is 1. The van der Waals surface area contributed by atoms with Gasteiger partial charge < -0.3 is 10.6 Å². The summed E-state index contributed by atoms with van der Waals surface area (Å²) in [7, 11) is 1.79. The third-order valence-corrected chi connectivity index (χ3v) is 4.37. The van der Waals surface area contributed by atoms with Crippen molar-refractivity contribution in [2.45, 2.75) is 33.4 Å². The van der Waals surface area contributed by atoms with Crippen LogP contribution in [0.1, 0.15) is 28.6 Å². The molecule has 0 aliphatic heterocycles. The van der Waals surface area contributed by atoms with Crippen LogP contribution in [0.5, 0.6) is 0 Å². The van der Waals surface area contributed by atoms with Crippen LogP contribution in [0.4, 0.5) is 0 Å². The van der Waals surface area contributed by atoms with E-state index in [9.17, 15) is 0 Å². The van der Waals surface area contributed by atoms with Crippen LogP contribution in [0.3, 0.4) is 0 Å². The van der Waals surface area contributed by atoms with Crippen LogP contribution < -0.4 is 10.6 Å². The number of rotatable bonds is 5. The molecule has 0 atom stereocenters. The second-order valence-electron chi connectivity index (χ2n) is 4.76. The van der Waals surface area contributed by atoms with Gasteiger partial charge in [-0.25, -0.2) is 4.98 Å². The van der Waals surface area contributed by atoms with E-state index in [1.807, 2.05) is 12.4 Å². The second kappa shape index (κ2) is 7.78. The zero-order valence-corrected chi connectivity index (χ0v) is 13.6. The van der Waals surface area contributed by atoms with Crippen LogP contribution in [-0.4, -0.2) is 18.0 Å². The van der Waals surface area contributed by atoms with Gasteiger partial charge in [-0.3, -0.25) is 4.99 Å². The molecule has 2 N–H and O–H groups in total. The first kappa shape index (κ1) is 15.5. The molecular weight excluding hydrogens is 280 g/mol. The van der Waals surface area contributed by atoms with Crippen LogP contribution in [-0.2, 0) is 19.5 Å². The van der Waals surface area contributed by atoms with E-state index in [1.165, 1.54) is 16.0 Å². The highest BCUT2D eigenvalue weighted by atomic mass is 32.1. The standard InChI is InChI=1S/C16H22N4S/c1-4-13-7-5-6-8-14(13)9-18-16(17-3)19-10-15-12(2)20-11-21-15/h5-8,11H,4,9-10H2,1-3H3,(H2,17,18,19). The van der Waals surface area contributed by atoms with Gasteiger partial charge in [0, 0.05) is 18.5 Å². The summed E-state index contributed by atoms with van der Waals surface area (Å²) in [6, 6.07) is 8.50. The Balaban J connectivity index is 1.90. The first-order valence-corrected chi connectivity index (χ1v) is 8.02. The lowest BCUT2D eigenvalue weighted by Crippen LogP contribution is -2.36. The van der Waals surface area contributed by atoms with Crippen LogP contribution in [0.25, 0.3) is 0 Å². The van der Waals surface area contributed by atoms with Gasteiger partial charge >= 0.3 is 0 Å². The molecule has 1 aromatic heterocycles. The molecule has 0 aliphatic carbocycles. The number of aryl methyl sites for hydroxylation is 2. The molecule has 1 heterocycles. The number of benzene rings is 1. The fourth-order valence-electron chi connectivity index (χ4n) is 2.13. The molecule has 0 amide bonds. The number of hydrogen-bond acceptors (Lipinski definition) is 3. The zero-order valence-electron chi connectivity index (χ0n) is 12.8. The van der Waals surface area contributed by atoms with E-state index in [0.29, 0.717) is 0 Å². The van der Waals surface area contributed by atoms with Gasteiger partial charge in [0.15, 0.2) is 5.96 Å². The molecule has 0 unspecified atom stereocenters. The van der Waals surface area contributed by atoms with Crippen molar-refractivity contribution in [2.75, 3.05) is 7.05 Å². The van der Waals surface area contributed by atoms with Crippen molar-refractivity contribution in [3.05, 3.63) is 51.5 Å². The molecule has 5 heteroatoms. The summed E-state index contributed by atoms with van der Waals surface area (Å²) in [4.78, 5) is 9.76. The minimum atomic E-state index is 0.756. The third kappa shape index (κ3) is 4.29. The fourth-order valence-corrected chi connectivity index (χ4v) is 2.85. The molecule has 0 spiro atoms. The van der Waals surface area contributed by atoms with Gasteiger partial charge in [-0.15, -0.1) is 11.3 Å². The monoisotopic (exact) mass is 302 g/mol. The minimum absolute atomic E-state index is 0.756. The van der Waals surface area contributed by atoms with E-state index < -0.39 is 0 Å². The molecule has 0 aliphatic rings. The fraction of sp³-hybridized carbons (Fsp3) is 0.375. The minimum Gasteiger partial charge on any atom is -0.352 e. The van der Waals surface area contributed by atoms with Crippen molar-refractivity contribution < 1.29 is 0 Å². The number of nitrogens with zero attached hydrogens (tertiary/aromatic N) is 2. The lowest BCUT2D eigenvalue weighted by atomic mass is 10.1. The molecule has 112 valence electrons. The summed E-state index contributed by atoms with van der Waals surface area (Å²) in [5.41, 5.74) is 5.65. The molecule has 0 saturated heterocycles. The summed E-state index contributed by atoms with van der Waals surface area (Å²) in [5, 5.41) is 6.70. The predicted molar refractivity (Wildman–Crippen MR) is 89.7 cm³/mol. The van der Waals surface area contributed by atoms with Gasteiger partial charge in [-0.05, 0) is 24.5 Å². The van der Waals surface area contributed by atoms with Crippen LogP contribution in [0.2, 0.25) is 0 Å². The van der Waals surface area contributed by atoms with Crippen molar-refractivity contribution in [1.82, 2.24) is 15.6 Å². The highest BCUT2D eigenvalue weighted by Crippen LogP contribution is 2.11. The highest BCUT2D eigenvalue weighted by molar-refractivity contribution is 7.09. The maximum atomic E-state index is 4.27. The molecule has 21 heavy (non-hydrogen) atoms. The van der Waals surface area contributed by atoms with E-state index >= 15 is 0 Å². The Labute approximate surface area is 130 Å². The maximum Gasteiger partial charge on any atom is 0.191 e. The Kier molecular flexibility index (Phi) is 5.75. The summed E-state index contributed by atoms with van der Waals surface area (Å²) in [5.74, 6) is 0.814. The average molecular weight is 302 g/mol. The number of nitrogens with one attached hydrogen (secondary N) is 2. The lowest BCUT2D eigenvalue weighted by Gasteiger charge is -2.13. The normalized spacial score (nSPS) is 11.5. The van der Waals surface area contributed by atoms with Gasteiger partial charge in [0.25, 0.3) is 0 Å². The van der Waals surface area contributed by atoms with E-state index in [4.69, 9.17) is 0 Å². The molecule has 4 nitrogen and oxygen atoms in total. The highest BCUT2D eigenvalue weighted by Gasteiger charge is 2.04. The Hall–Kier alpha value is -1.88. The summed E-state index contributed by atoms with van der Waals surface area (Å²) >= 11 is 1.67. The predicted octanol–water partition coefficient (Wildman–Crippen LogP) is 2.88. The van der Waals surface area contributed by atoms with E-state index in [2.05, 4.69) is 51.8 Å². The van der Waals surface area contributed by atoms with Crippen LogP contribution in [0.15, 0.2) is 34.8 Å². The molecule has 2 aromatic rings. The Morgan fingerprint density at radius 1 is 1.19 bits per heavy atom. The Morgan fingerprint density at radius 3 is 2.52 bits per heavy atom. The third-order valence-electron chi connectivity index (χ3n) is 3.43. The molecular formula is C16H22N4S. The van der Waals surface area contributed by atoms with Crippen molar-refractivity contribution in [3.63, 3.8) is 0 Å². The van der Waals surface area contributed by atoms with Gasteiger partial charge in [0.05, 0.1) is 17.7 Å². The quantitative estimate of drug-likeness (QED) is 0.659. The molecule has 0 radical (unpaired) electrons. The molecule has 0 saturated carbocycles. The van der Waals surface area contributed by atoms with Crippen LogP contribution >= 0.6 is 11.3 Å². The van der Waals surface area contributed by atoms with Crippen molar-refractivity contribution in [1.29, 1.82) is 0 Å². The Morgan fingerprint density at radius 2 is 1.90 bits per heavy atom. The Bertz CT molecular complexity index is 604. The maximum absolute atomic E-state index is 4.27. The number of thiazole rings is 1. The lowest BCUT2D eigenvalue weighted by molar-refractivity contribution is 0.805. The zero-order chi connectivity index (χ0) is 15.1. The van der Waals surface area contributed by atoms with Gasteiger partial charge in [0.1, 0.15) is 0 Å². The first-order valence-electron chi connectivity index (χ1n) is 7.14. The molecule has 0 fully saturated rings. The second-order valence-corrected chi connectivity index (χ2v) is 5.70. The molecule has 2 rings (SSSR count). The van der Waals surface area contributed by atoms with Crippen LogP contribution in [0, 0.1) is 6.92 Å². The molecule has 1 aromatic carbocycles. The topological polar surface area (TPSA) is 49.3 Å². The number of aromatic nitrogens is 1. The average Bonchev–Trinajstić information content (AvgIpc) is 2.93. The summed E-state index contributed by atoms with van der Waals surface area (Å²) in [6.45, 7) is 5.75. The van der Waals surface area contributed by atoms with Gasteiger partial charge in [-0.1, -0.05) is 31.2 Å². The van der Waals surface area contributed by atoms with Crippen molar-refractivity contribution in [2.24, 2.45) is 4.99 Å². The number of hydrogen-bond donors (Lipinski definition) is 2. The number of aliphatic imine (C=N–C) groups is 1. The van der Waals surface area contributed by atoms with Gasteiger partial charge in [0.2, 0.25) is 0 Å². The van der Waals surface area contributed by atoms with E-state index in [-0.39, 0.29) is 0 Å². The SMILES string of the molecule is CCc1ccccc1CNC(=NC)NCc1scnc1C. The molecule has 0 bridgehead atoms. The first-order chi connectivity index (χ1) is 10.2. The van der Waals surface area contributed by atoms with E-state index in [0.717, 1.165) is 31.2 Å². The largest absolute Gasteiger partial charge is 0.352 e. The van der Waals surface area contributed by atoms with Gasteiger partial charge in [-0.2, -0.15) is 0 Å². The van der Waals surface area contributed by atoms with Crippen molar-refractivity contribution in [3.8, 4) is 0 Å². The summed E-state index contributed by atoms with van der Waals surface area (Å²) in [6.07, 6.45) is 1.05. The summed E-state index contributed by atoms with van der Waals surface area (Å²) < 4.78 is 0. The van der Waals surface area contributed by atoms with E-state index in [1.54, 1.807) is 18.4 Å².